The molecule has 0 aliphatic carbocycles. The Bertz CT molecular complexity index is 891. The van der Waals surface area contributed by atoms with E-state index in [0.29, 0.717) is 17.0 Å². The van der Waals surface area contributed by atoms with E-state index >= 15 is 0 Å². The highest BCUT2D eigenvalue weighted by molar-refractivity contribution is 5.96. The van der Waals surface area contributed by atoms with Crippen molar-refractivity contribution in [2.45, 2.75) is 39.7 Å². The van der Waals surface area contributed by atoms with Crippen molar-refractivity contribution in [1.82, 2.24) is 0 Å². The van der Waals surface area contributed by atoms with Crippen LogP contribution in [0, 0.1) is 6.92 Å². The van der Waals surface area contributed by atoms with Crippen molar-refractivity contribution < 1.29 is 23.9 Å². The van der Waals surface area contributed by atoms with Crippen LogP contribution >= 0.6 is 0 Å². The Morgan fingerprint density at radius 3 is 2.28 bits per heavy atom. The number of aryl methyl sites for hydroxylation is 1. The molecule has 0 unspecified atom stereocenters. The number of amides is 2. The maximum absolute atomic E-state index is 12.2. The second-order valence-electron chi connectivity index (χ2n) is 7.05. The summed E-state index contributed by atoms with van der Waals surface area (Å²) in [5, 5.41) is 2.61. The number of rotatable bonds is 8. The van der Waals surface area contributed by atoms with Gasteiger partial charge in [0, 0.05) is 11.3 Å². The normalized spacial score (nSPS) is 11.6. The predicted molar refractivity (Wildman–Crippen MR) is 110 cm³/mol. The summed E-state index contributed by atoms with van der Waals surface area (Å²) in [6, 6.07) is 11.9. The highest BCUT2D eigenvalue weighted by atomic mass is 16.6. The summed E-state index contributed by atoms with van der Waals surface area (Å²) in [6.07, 6.45) is -1.01. The molecule has 0 aromatic heterocycles. The van der Waals surface area contributed by atoms with Gasteiger partial charge in [-0.25, -0.2) is 4.79 Å². The van der Waals surface area contributed by atoms with Gasteiger partial charge in [0.25, 0.3) is 5.91 Å². The van der Waals surface area contributed by atoms with Crippen LogP contribution in [-0.2, 0) is 14.3 Å². The third kappa shape index (κ3) is 6.34. The van der Waals surface area contributed by atoms with Crippen LogP contribution in [0.1, 0.15) is 48.2 Å². The summed E-state index contributed by atoms with van der Waals surface area (Å²) in [6.45, 7) is 7.19. The van der Waals surface area contributed by atoms with Crippen LogP contribution in [0.3, 0.4) is 0 Å². The Hall–Kier alpha value is -3.35. The lowest BCUT2D eigenvalue weighted by Gasteiger charge is -2.16. The second-order valence-corrected chi connectivity index (χ2v) is 7.05. The average molecular weight is 398 g/mol. The van der Waals surface area contributed by atoms with Gasteiger partial charge < -0.3 is 20.5 Å². The molecule has 0 bridgehead atoms. The van der Waals surface area contributed by atoms with E-state index in [9.17, 15) is 14.4 Å². The van der Waals surface area contributed by atoms with Crippen molar-refractivity contribution in [3.05, 3.63) is 59.2 Å². The van der Waals surface area contributed by atoms with Crippen molar-refractivity contribution in [2.75, 3.05) is 11.9 Å². The van der Waals surface area contributed by atoms with E-state index in [1.807, 2.05) is 39.0 Å². The van der Waals surface area contributed by atoms with Crippen LogP contribution in [-0.4, -0.2) is 30.5 Å². The summed E-state index contributed by atoms with van der Waals surface area (Å²) in [7, 11) is 0. The maximum Gasteiger partial charge on any atom is 0.344 e. The maximum atomic E-state index is 12.2. The van der Waals surface area contributed by atoms with Gasteiger partial charge in [0.1, 0.15) is 5.75 Å². The molecule has 3 N–H and O–H groups in total. The molecule has 0 aliphatic rings. The second kappa shape index (κ2) is 9.73. The number of primary amides is 1. The molecule has 29 heavy (non-hydrogen) atoms. The molecule has 1 atom stereocenters. The van der Waals surface area contributed by atoms with E-state index in [1.165, 1.54) is 19.1 Å². The number of esters is 1. The van der Waals surface area contributed by atoms with Crippen LogP contribution in [0.15, 0.2) is 42.5 Å². The number of anilines is 1. The fraction of sp³-hybridized carbons (Fsp3) is 0.318. The lowest BCUT2D eigenvalue weighted by atomic mass is 10.0. The molecule has 0 aliphatic heterocycles. The highest BCUT2D eigenvalue weighted by Gasteiger charge is 2.19. The van der Waals surface area contributed by atoms with Crippen molar-refractivity contribution >= 4 is 23.5 Å². The topological polar surface area (TPSA) is 108 Å². The zero-order chi connectivity index (χ0) is 21.6. The SMILES string of the molecule is Cc1ccc(C(C)C)c(OCC(=O)O[C@@H](C)C(=O)Nc2ccc(C(N)=O)cc2)c1. The number of benzene rings is 2. The minimum absolute atomic E-state index is 0.243. The number of nitrogens with one attached hydrogen (secondary N) is 1. The molecular weight excluding hydrogens is 372 g/mol. The number of hydrogen-bond acceptors (Lipinski definition) is 5. The van der Waals surface area contributed by atoms with Gasteiger partial charge in [0.2, 0.25) is 5.91 Å². The fourth-order valence-electron chi connectivity index (χ4n) is 2.63. The monoisotopic (exact) mass is 398 g/mol. The van der Waals surface area contributed by atoms with Gasteiger partial charge in [0.05, 0.1) is 0 Å². The van der Waals surface area contributed by atoms with E-state index in [2.05, 4.69) is 5.32 Å². The lowest BCUT2D eigenvalue weighted by Crippen LogP contribution is -2.31. The number of hydrogen-bond donors (Lipinski definition) is 2. The van der Waals surface area contributed by atoms with Crippen LogP contribution in [0.25, 0.3) is 0 Å². The van der Waals surface area contributed by atoms with Crippen LogP contribution in [0.5, 0.6) is 5.75 Å². The highest BCUT2D eigenvalue weighted by Crippen LogP contribution is 2.27. The van der Waals surface area contributed by atoms with Gasteiger partial charge in [-0.2, -0.15) is 0 Å². The van der Waals surface area contributed by atoms with E-state index in [1.54, 1.807) is 12.1 Å². The van der Waals surface area contributed by atoms with Crippen LogP contribution in [0.2, 0.25) is 0 Å². The Kier molecular flexibility index (Phi) is 7.36. The molecular formula is C22H26N2O5. The molecule has 2 rings (SSSR count). The molecule has 0 radical (unpaired) electrons. The first-order valence-electron chi connectivity index (χ1n) is 9.31. The van der Waals surface area contributed by atoms with E-state index < -0.39 is 23.9 Å². The van der Waals surface area contributed by atoms with Crippen LogP contribution < -0.4 is 15.8 Å². The Labute approximate surface area is 170 Å². The quantitative estimate of drug-likeness (QED) is 0.664. The standard InChI is InChI=1S/C22H26N2O5/c1-13(2)18-10-5-14(3)11-19(18)28-12-20(25)29-15(4)22(27)24-17-8-6-16(7-9-17)21(23)26/h5-11,13,15H,12H2,1-4H3,(H2,23,26)(H,24,27)/t15-/m0/s1. The van der Waals surface area contributed by atoms with Gasteiger partial charge in [-0.15, -0.1) is 0 Å². The van der Waals surface area contributed by atoms with Crippen molar-refractivity contribution in [2.24, 2.45) is 5.73 Å². The molecule has 0 spiro atoms. The number of nitrogens with two attached hydrogens (primary N) is 1. The van der Waals surface area contributed by atoms with Gasteiger partial charge in [-0.3, -0.25) is 9.59 Å². The molecule has 154 valence electrons. The summed E-state index contributed by atoms with van der Waals surface area (Å²) < 4.78 is 10.8. The molecule has 0 saturated heterocycles. The zero-order valence-electron chi connectivity index (χ0n) is 17.0. The first-order valence-corrected chi connectivity index (χ1v) is 9.31. The van der Waals surface area contributed by atoms with Gasteiger partial charge in [-0.05, 0) is 61.2 Å². The Balaban J connectivity index is 1.89. The Morgan fingerprint density at radius 1 is 1.03 bits per heavy atom. The average Bonchev–Trinajstić information content (AvgIpc) is 2.66. The largest absolute Gasteiger partial charge is 0.482 e. The smallest absolute Gasteiger partial charge is 0.344 e. The summed E-state index contributed by atoms with van der Waals surface area (Å²) in [5.41, 5.74) is 7.98. The molecule has 7 heteroatoms. The summed E-state index contributed by atoms with van der Waals surface area (Å²) >= 11 is 0. The molecule has 0 heterocycles. The first kappa shape index (κ1) is 21.9. The van der Waals surface area contributed by atoms with Crippen molar-refractivity contribution in [3.8, 4) is 5.75 Å². The fourth-order valence-corrected chi connectivity index (χ4v) is 2.63. The van der Waals surface area contributed by atoms with Gasteiger partial charge >= 0.3 is 5.97 Å². The number of carbonyl (C=O) groups is 3. The van der Waals surface area contributed by atoms with Crippen molar-refractivity contribution in [1.29, 1.82) is 0 Å². The number of carbonyl (C=O) groups excluding carboxylic acids is 3. The summed E-state index contributed by atoms with van der Waals surface area (Å²) in [5.74, 6) is -0.827. The van der Waals surface area contributed by atoms with E-state index in [4.69, 9.17) is 15.2 Å². The lowest BCUT2D eigenvalue weighted by molar-refractivity contribution is -0.155. The minimum Gasteiger partial charge on any atom is -0.482 e. The molecule has 2 aromatic carbocycles. The van der Waals surface area contributed by atoms with E-state index in [0.717, 1.165) is 11.1 Å². The van der Waals surface area contributed by atoms with Crippen LogP contribution in [0.4, 0.5) is 5.69 Å². The predicted octanol–water partition coefficient (Wildman–Crippen LogP) is 3.17. The number of ether oxygens (including phenoxy) is 2. The summed E-state index contributed by atoms with van der Waals surface area (Å²) in [4.78, 5) is 35.4. The first-order chi connectivity index (χ1) is 13.7. The zero-order valence-corrected chi connectivity index (χ0v) is 17.0. The minimum atomic E-state index is -1.01. The third-order valence-corrected chi connectivity index (χ3v) is 4.25. The molecule has 2 amide bonds. The van der Waals surface area contributed by atoms with E-state index in [-0.39, 0.29) is 12.5 Å². The van der Waals surface area contributed by atoms with Gasteiger partial charge in [-0.1, -0.05) is 26.0 Å². The van der Waals surface area contributed by atoms with Gasteiger partial charge in [0.15, 0.2) is 12.7 Å². The van der Waals surface area contributed by atoms with Crippen molar-refractivity contribution in [3.63, 3.8) is 0 Å². The molecule has 7 nitrogen and oxygen atoms in total. The molecule has 0 fully saturated rings. The molecule has 2 aromatic rings. The Morgan fingerprint density at radius 2 is 1.69 bits per heavy atom. The molecule has 0 saturated carbocycles. The third-order valence-electron chi connectivity index (χ3n) is 4.25.